The van der Waals surface area contributed by atoms with E-state index in [2.05, 4.69) is 15.4 Å². The van der Waals surface area contributed by atoms with Crippen molar-refractivity contribution in [1.29, 1.82) is 0 Å². The van der Waals surface area contributed by atoms with Gasteiger partial charge in [-0.2, -0.15) is 0 Å². The first kappa shape index (κ1) is 26.2. The molecule has 1 aliphatic heterocycles. The zero-order chi connectivity index (χ0) is 26.5. The summed E-state index contributed by atoms with van der Waals surface area (Å²) in [5.41, 5.74) is 2.28. The average Bonchev–Trinajstić information content (AvgIpc) is 3.57. The number of halogens is 1. The van der Waals surface area contributed by atoms with E-state index in [4.69, 9.17) is 14.0 Å². The van der Waals surface area contributed by atoms with E-state index in [1.54, 1.807) is 32.4 Å². The Hall–Kier alpha value is -3.39. The van der Waals surface area contributed by atoms with Crippen molar-refractivity contribution in [3.63, 3.8) is 0 Å². The zero-order valence-electron chi connectivity index (χ0n) is 22.1. The molecule has 1 saturated heterocycles. The van der Waals surface area contributed by atoms with E-state index in [9.17, 15) is 9.18 Å². The highest BCUT2D eigenvalue weighted by Crippen LogP contribution is 2.36. The van der Waals surface area contributed by atoms with Crippen molar-refractivity contribution in [3.8, 4) is 11.5 Å². The quantitative estimate of drug-likeness (QED) is 0.380. The summed E-state index contributed by atoms with van der Waals surface area (Å²) in [6, 6.07) is 10.3. The summed E-state index contributed by atoms with van der Waals surface area (Å²) in [4.78, 5) is 15.1. The summed E-state index contributed by atoms with van der Waals surface area (Å²) in [6.45, 7) is 3.79. The van der Waals surface area contributed by atoms with Crippen molar-refractivity contribution in [3.05, 3.63) is 59.5 Å². The summed E-state index contributed by atoms with van der Waals surface area (Å²) in [5.74, 6) is 2.27. The smallest absolute Gasteiger partial charge is 0.244 e. The number of ether oxygens (including phenoxy) is 2. The molecular formula is C30H36FN3O4. The SMILES string of the molecule is COc1cccc(C=CC(=O)NC[C@H]2CCC[C@@H]2CN2CCC(c3noc4cc(F)ccc34)CC2)c1OC. The van der Waals surface area contributed by atoms with E-state index in [0.717, 1.165) is 55.5 Å². The Morgan fingerprint density at radius 2 is 1.95 bits per heavy atom. The van der Waals surface area contributed by atoms with E-state index in [1.807, 2.05) is 18.2 Å². The number of aromatic nitrogens is 1. The Balaban J connectivity index is 1.10. The summed E-state index contributed by atoms with van der Waals surface area (Å²) in [6.07, 6.45) is 8.93. The standard InChI is InChI=1S/C30H36FN3O4/c1-36-26-8-4-5-21(30(26)37-2)9-12-28(35)32-18-22-6-3-7-23(22)19-34-15-13-20(14-16-34)29-25-11-10-24(31)17-27(25)38-33-29/h4-5,8-12,17,20,22-23H,3,6-7,13-16,18-19H2,1-2H3,(H,32,35)/t22-,23-/m1/s1. The lowest BCUT2D eigenvalue weighted by Crippen LogP contribution is -2.39. The number of benzene rings is 2. The van der Waals surface area contributed by atoms with Crippen LogP contribution in [0.3, 0.4) is 0 Å². The predicted molar refractivity (Wildman–Crippen MR) is 145 cm³/mol. The van der Waals surface area contributed by atoms with Gasteiger partial charge in [-0.25, -0.2) is 4.39 Å². The van der Waals surface area contributed by atoms with Crippen LogP contribution in [0.4, 0.5) is 4.39 Å². The van der Waals surface area contributed by atoms with Gasteiger partial charge in [0.15, 0.2) is 17.1 Å². The highest BCUT2D eigenvalue weighted by atomic mass is 19.1. The van der Waals surface area contributed by atoms with E-state index in [1.165, 1.54) is 25.0 Å². The van der Waals surface area contributed by atoms with Gasteiger partial charge >= 0.3 is 0 Å². The van der Waals surface area contributed by atoms with Crippen molar-refractivity contribution in [2.24, 2.45) is 11.8 Å². The minimum absolute atomic E-state index is 0.0962. The fourth-order valence-corrected chi connectivity index (χ4v) is 6.07. The van der Waals surface area contributed by atoms with Crippen LogP contribution in [-0.2, 0) is 4.79 Å². The molecule has 1 amide bonds. The van der Waals surface area contributed by atoms with Gasteiger partial charge in [0.25, 0.3) is 0 Å². The van der Waals surface area contributed by atoms with Crippen LogP contribution in [0.5, 0.6) is 11.5 Å². The van der Waals surface area contributed by atoms with Gasteiger partial charge in [-0.15, -0.1) is 0 Å². The van der Waals surface area contributed by atoms with Gasteiger partial charge in [0.1, 0.15) is 5.82 Å². The molecule has 38 heavy (non-hydrogen) atoms. The molecule has 7 nitrogen and oxygen atoms in total. The number of rotatable bonds is 9. The molecule has 0 bridgehead atoms. The second-order valence-electron chi connectivity index (χ2n) is 10.4. The van der Waals surface area contributed by atoms with Gasteiger partial charge in [-0.05, 0) is 74.9 Å². The van der Waals surface area contributed by atoms with Crippen LogP contribution in [0.1, 0.15) is 49.3 Å². The van der Waals surface area contributed by atoms with E-state index in [-0.39, 0.29) is 11.7 Å². The van der Waals surface area contributed by atoms with Gasteiger partial charge in [-0.3, -0.25) is 4.79 Å². The van der Waals surface area contributed by atoms with E-state index < -0.39 is 0 Å². The number of methoxy groups -OCH3 is 2. The molecule has 0 radical (unpaired) electrons. The molecule has 0 unspecified atom stereocenters. The molecule has 2 aromatic carbocycles. The van der Waals surface area contributed by atoms with Gasteiger partial charge in [-0.1, -0.05) is 23.7 Å². The number of likely N-dealkylation sites (tertiary alicyclic amines) is 1. The number of hydrogen-bond acceptors (Lipinski definition) is 6. The van der Waals surface area contributed by atoms with E-state index in [0.29, 0.717) is 41.4 Å². The summed E-state index contributed by atoms with van der Waals surface area (Å²) in [7, 11) is 3.19. The van der Waals surface area contributed by atoms with Crippen molar-refractivity contribution in [2.45, 2.75) is 38.0 Å². The lowest BCUT2D eigenvalue weighted by Gasteiger charge is -2.34. The van der Waals surface area contributed by atoms with Crippen molar-refractivity contribution < 1.29 is 23.2 Å². The molecule has 1 aromatic heterocycles. The number of piperidine rings is 1. The van der Waals surface area contributed by atoms with Gasteiger partial charge < -0.3 is 24.2 Å². The van der Waals surface area contributed by atoms with Crippen LogP contribution < -0.4 is 14.8 Å². The van der Waals surface area contributed by atoms with Crippen LogP contribution in [0.2, 0.25) is 0 Å². The Morgan fingerprint density at radius 3 is 2.74 bits per heavy atom. The molecular weight excluding hydrogens is 485 g/mol. The first-order valence-electron chi connectivity index (χ1n) is 13.5. The molecule has 1 aliphatic carbocycles. The minimum atomic E-state index is -0.301. The molecule has 2 aliphatic rings. The average molecular weight is 522 g/mol. The maximum Gasteiger partial charge on any atom is 0.244 e. The molecule has 2 fully saturated rings. The maximum atomic E-state index is 13.5. The maximum absolute atomic E-state index is 13.5. The first-order valence-corrected chi connectivity index (χ1v) is 13.5. The number of nitrogens with one attached hydrogen (secondary N) is 1. The van der Waals surface area contributed by atoms with E-state index >= 15 is 0 Å². The molecule has 202 valence electrons. The second-order valence-corrected chi connectivity index (χ2v) is 10.4. The van der Waals surface area contributed by atoms with Gasteiger partial charge in [0.2, 0.25) is 5.91 Å². The number of fused-ring (bicyclic) bond motifs is 1. The number of amides is 1. The summed E-state index contributed by atoms with van der Waals surface area (Å²) < 4.78 is 29.7. The number of nitrogens with zero attached hydrogens (tertiary/aromatic N) is 2. The molecule has 2 atom stereocenters. The number of carbonyl (C=O) groups excluding carboxylic acids is 1. The minimum Gasteiger partial charge on any atom is -0.493 e. The highest BCUT2D eigenvalue weighted by molar-refractivity contribution is 5.92. The second kappa shape index (κ2) is 12.0. The Kier molecular flexibility index (Phi) is 8.27. The lowest BCUT2D eigenvalue weighted by molar-refractivity contribution is -0.116. The molecule has 3 aromatic rings. The van der Waals surface area contributed by atoms with Crippen LogP contribution >= 0.6 is 0 Å². The molecule has 2 heterocycles. The third-order valence-corrected chi connectivity index (χ3v) is 8.13. The molecule has 8 heteroatoms. The normalized spacial score (nSPS) is 20.8. The highest BCUT2D eigenvalue weighted by Gasteiger charge is 2.31. The topological polar surface area (TPSA) is 76.8 Å². The Bertz CT molecular complexity index is 1280. The fourth-order valence-electron chi connectivity index (χ4n) is 6.07. The zero-order valence-corrected chi connectivity index (χ0v) is 22.1. The van der Waals surface area contributed by atoms with Crippen molar-refractivity contribution >= 4 is 23.0 Å². The van der Waals surface area contributed by atoms with Crippen LogP contribution in [0, 0.1) is 17.7 Å². The van der Waals surface area contributed by atoms with Crippen LogP contribution in [0.15, 0.2) is 47.0 Å². The monoisotopic (exact) mass is 521 g/mol. The van der Waals surface area contributed by atoms with Crippen molar-refractivity contribution in [2.75, 3.05) is 40.4 Å². The summed E-state index contributed by atoms with van der Waals surface area (Å²) >= 11 is 0. The number of hydrogen-bond donors (Lipinski definition) is 1. The van der Waals surface area contributed by atoms with Gasteiger partial charge in [0.05, 0.1) is 19.9 Å². The number of para-hydroxylation sites is 1. The summed E-state index contributed by atoms with van der Waals surface area (Å²) in [5, 5.41) is 8.31. The Morgan fingerprint density at radius 1 is 1.13 bits per heavy atom. The first-order chi connectivity index (χ1) is 18.6. The van der Waals surface area contributed by atoms with Crippen molar-refractivity contribution in [1.82, 2.24) is 15.4 Å². The van der Waals surface area contributed by atoms with Crippen LogP contribution in [0.25, 0.3) is 17.0 Å². The number of carbonyl (C=O) groups is 1. The lowest BCUT2D eigenvalue weighted by atomic mass is 9.89. The predicted octanol–water partition coefficient (Wildman–Crippen LogP) is 5.41. The molecule has 5 rings (SSSR count). The third kappa shape index (κ3) is 5.85. The molecule has 1 N–H and O–H groups in total. The third-order valence-electron chi connectivity index (χ3n) is 8.13. The molecule has 1 saturated carbocycles. The molecule has 0 spiro atoms. The largest absolute Gasteiger partial charge is 0.493 e. The Labute approximate surface area is 223 Å². The van der Waals surface area contributed by atoms with Gasteiger partial charge in [0, 0.05) is 42.1 Å². The van der Waals surface area contributed by atoms with Crippen LogP contribution in [-0.4, -0.2) is 56.4 Å². The fraction of sp³-hybridized carbons (Fsp3) is 0.467.